The lowest BCUT2D eigenvalue weighted by molar-refractivity contribution is -0.466. The molecule has 0 spiro atoms. The highest BCUT2D eigenvalue weighted by molar-refractivity contribution is 7.99. The van der Waals surface area contributed by atoms with Crippen molar-refractivity contribution in [2.24, 2.45) is 4.99 Å². The van der Waals surface area contributed by atoms with Crippen molar-refractivity contribution < 1.29 is 14.9 Å². The summed E-state index contributed by atoms with van der Waals surface area (Å²) >= 11 is 3.55. The van der Waals surface area contributed by atoms with Crippen LogP contribution in [0.1, 0.15) is 32.1 Å². The van der Waals surface area contributed by atoms with Crippen LogP contribution in [0.4, 0.5) is 16.2 Å². The number of aliphatic imine (C=N–C) groups is 1. The zero-order valence-electron chi connectivity index (χ0n) is 22.1. The summed E-state index contributed by atoms with van der Waals surface area (Å²) in [6.45, 7) is 3.27. The molecule has 11 heteroatoms. The molecule has 2 aromatic rings. The molecule has 3 bridgehead atoms. The van der Waals surface area contributed by atoms with E-state index in [-0.39, 0.29) is 18.1 Å². The predicted octanol–water partition coefficient (Wildman–Crippen LogP) is 3.08. The molecule has 2 aromatic carbocycles. The number of carbonyl (C=O) groups excluding carboxylic acids is 1. The third kappa shape index (κ3) is 7.98. The fourth-order valence-corrected chi connectivity index (χ4v) is 6.97. The lowest BCUT2D eigenvalue weighted by Crippen LogP contribution is -2.75. The van der Waals surface area contributed by atoms with Gasteiger partial charge in [0.1, 0.15) is 5.69 Å². The summed E-state index contributed by atoms with van der Waals surface area (Å²) in [5, 5.41) is 23.2. The summed E-state index contributed by atoms with van der Waals surface area (Å²) in [4.78, 5) is 25.2. The Kier molecular flexibility index (Phi) is 9.76. The molecule has 0 aliphatic carbocycles. The summed E-state index contributed by atoms with van der Waals surface area (Å²) in [6.07, 6.45) is 4.80. The molecule has 1 saturated heterocycles. The summed E-state index contributed by atoms with van der Waals surface area (Å²) in [7, 11) is 0. The van der Waals surface area contributed by atoms with Gasteiger partial charge in [0.2, 0.25) is 0 Å². The van der Waals surface area contributed by atoms with E-state index < -0.39 is 0 Å². The highest BCUT2D eigenvalue weighted by atomic mass is 32.2. The number of urea groups is 1. The van der Waals surface area contributed by atoms with Crippen LogP contribution in [0.3, 0.4) is 0 Å². The van der Waals surface area contributed by atoms with Crippen LogP contribution in [0.5, 0.6) is 0 Å². The Balaban J connectivity index is 1.30. The first-order chi connectivity index (χ1) is 19.1. The van der Waals surface area contributed by atoms with E-state index >= 15 is 0 Å². The maximum atomic E-state index is 12.5. The molecule has 0 saturated carbocycles. The molecule has 1 fully saturated rings. The van der Waals surface area contributed by atoms with Crippen LogP contribution in [0.2, 0.25) is 0 Å². The number of hydrogen-bond acceptors (Lipinski definition) is 7. The molecule has 5 rings (SSSR count). The minimum absolute atomic E-state index is 0.0533. The molecule has 3 aliphatic heterocycles. The summed E-state index contributed by atoms with van der Waals surface area (Å²) in [6, 6.07) is 16.5. The molecule has 0 radical (unpaired) electrons. The van der Waals surface area contributed by atoms with Gasteiger partial charge in [0.25, 0.3) is 0 Å². The van der Waals surface area contributed by atoms with Gasteiger partial charge in [0, 0.05) is 42.1 Å². The fraction of sp³-hybridized carbons (Fsp3) is 0.464. The molecule has 9 nitrogen and oxygen atoms in total. The number of aliphatic hydroxyl groups excluding tert-OH is 1. The van der Waals surface area contributed by atoms with Crippen LogP contribution in [0.15, 0.2) is 63.3 Å². The third-order valence-corrected chi connectivity index (χ3v) is 9.45. The van der Waals surface area contributed by atoms with Crippen molar-refractivity contribution >= 4 is 52.9 Å². The standard InChI is InChI=1S/C28H37N7O2S2/c36-27-29-14-6-1-7-15-30-28(37)34-23-9-3-5-11-25(23)39-19-21-13-17-35-16-12-20(31-26(35)32-21)18-38-24-10-4-2-8-22(24)33-27/h2-5,8-11,20-21H,1,6-7,12-19H2,(H,31,32)(H2,29,33,36)(H2,30,34,37)/p+1/t20-,21-/m1/s1. The van der Waals surface area contributed by atoms with Gasteiger partial charge in [-0.2, -0.15) is 0 Å². The zero-order chi connectivity index (χ0) is 26.9. The summed E-state index contributed by atoms with van der Waals surface area (Å²) in [5.74, 6) is 2.79. The first-order valence-corrected chi connectivity index (χ1v) is 15.8. The number of amides is 2. The van der Waals surface area contributed by atoms with Gasteiger partial charge in [0.05, 0.1) is 23.2 Å². The van der Waals surface area contributed by atoms with E-state index in [4.69, 9.17) is 4.99 Å². The number of anilines is 2. The van der Waals surface area contributed by atoms with Gasteiger partial charge in [-0.15, -0.1) is 23.5 Å². The van der Waals surface area contributed by atoms with Crippen molar-refractivity contribution in [3.05, 3.63) is 48.5 Å². The minimum Gasteiger partial charge on any atom is -0.447 e. The summed E-state index contributed by atoms with van der Waals surface area (Å²) < 4.78 is 0. The van der Waals surface area contributed by atoms with Crippen LogP contribution >= 0.6 is 23.5 Å². The largest absolute Gasteiger partial charge is 0.447 e. The monoisotopic (exact) mass is 568 g/mol. The first-order valence-electron chi connectivity index (χ1n) is 13.8. The Morgan fingerprint density at radius 3 is 2.44 bits per heavy atom. The number of rotatable bonds is 0. The van der Waals surface area contributed by atoms with Crippen LogP contribution in [-0.4, -0.2) is 77.8 Å². The second kappa shape index (κ2) is 13.8. The van der Waals surface area contributed by atoms with Gasteiger partial charge in [-0.1, -0.05) is 24.3 Å². The maximum Gasteiger partial charge on any atom is 0.444 e. The van der Waals surface area contributed by atoms with E-state index in [0.717, 1.165) is 83.8 Å². The van der Waals surface area contributed by atoms with Gasteiger partial charge in [-0.3, -0.25) is 0 Å². The molecule has 208 valence electrons. The number of guanidine groups is 1. The highest BCUT2D eigenvalue weighted by Crippen LogP contribution is 2.31. The second-order valence-electron chi connectivity index (χ2n) is 9.97. The predicted molar refractivity (Wildman–Crippen MR) is 161 cm³/mol. The molecule has 39 heavy (non-hydrogen) atoms. The number of hydrogen-bond donors (Lipinski definition) is 6. The summed E-state index contributed by atoms with van der Waals surface area (Å²) in [5.41, 5.74) is 1.72. The molecular formula is C28H38N7O2S2+. The van der Waals surface area contributed by atoms with E-state index in [0.29, 0.717) is 19.1 Å². The first kappa shape index (κ1) is 27.5. The molecule has 2 atom stereocenters. The Labute approximate surface area is 238 Å². The molecule has 3 heterocycles. The lowest BCUT2D eigenvalue weighted by Gasteiger charge is -2.39. The Morgan fingerprint density at radius 1 is 0.897 bits per heavy atom. The van der Waals surface area contributed by atoms with Crippen LogP contribution < -0.4 is 26.3 Å². The number of carbonyl (C=O) groups is 1. The average Bonchev–Trinajstić information content (AvgIpc) is 2.95. The van der Waals surface area contributed by atoms with E-state index in [1.54, 1.807) is 23.5 Å². The number of aliphatic hydroxyl groups is 1. The van der Waals surface area contributed by atoms with E-state index in [2.05, 4.69) is 43.3 Å². The lowest BCUT2D eigenvalue weighted by atomic mass is 10.1. The van der Waals surface area contributed by atoms with Crippen LogP contribution in [-0.2, 0) is 0 Å². The molecular weight excluding hydrogens is 530 g/mol. The van der Waals surface area contributed by atoms with Crippen LogP contribution in [0, 0.1) is 0 Å². The van der Waals surface area contributed by atoms with E-state index in [1.807, 2.05) is 36.4 Å². The quantitative estimate of drug-likeness (QED) is 0.290. The highest BCUT2D eigenvalue weighted by Gasteiger charge is 2.28. The van der Waals surface area contributed by atoms with Gasteiger partial charge < -0.3 is 26.0 Å². The van der Waals surface area contributed by atoms with Crippen molar-refractivity contribution in [1.82, 2.24) is 15.5 Å². The van der Waals surface area contributed by atoms with Crippen LogP contribution in [0.25, 0.3) is 0 Å². The number of fused-ring (bicyclic) bond motifs is 4. The fourth-order valence-electron chi connectivity index (χ4n) is 4.83. The number of para-hydroxylation sites is 2. The maximum absolute atomic E-state index is 12.5. The average molecular weight is 569 g/mol. The van der Waals surface area contributed by atoms with Gasteiger partial charge in [-0.25, -0.2) is 20.1 Å². The Morgan fingerprint density at radius 2 is 1.62 bits per heavy atom. The molecule has 0 aromatic heterocycles. The number of amidine groups is 1. The van der Waals surface area contributed by atoms with E-state index in [9.17, 15) is 9.90 Å². The number of nitrogens with zero attached hydrogens (tertiary/aromatic N) is 2. The topological polar surface area (TPSA) is 115 Å². The van der Waals surface area contributed by atoms with Crippen molar-refractivity contribution in [2.75, 3.05) is 48.3 Å². The smallest absolute Gasteiger partial charge is 0.444 e. The Hall–Kier alpha value is -3.05. The molecule has 3 aliphatic rings. The number of nitrogens with one attached hydrogen (secondary N) is 5. The SMILES string of the molecule is O=C1NCCCCC[NH+]=C(O)Nc2ccccc2SC[C@H]2CCN3CC[C@H](CSc4ccccc4N1)NC3=N2. The van der Waals surface area contributed by atoms with Gasteiger partial charge in [-0.05, 0) is 56.4 Å². The second-order valence-corrected chi connectivity index (χ2v) is 12.1. The van der Waals surface area contributed by atoms with E-state index in [1.165, 1.54) is 0 Å². The van der Waals surface area contributed by atoms with Crippen molar-refractivity contribution in [3.63, 3.8) is 0 Å². The zero-order valence-corrected chi connectivity index (χ0v) is 23.8. The number of benzene rings is 2. The third-order valence-electron chi connectivity index (χ3n) is 7.00. The van der Waals surface area contributed by atoms with Gasteiger partial charge >= 0.3 is 12.1 Å². The number of thioether (sulfide) groups is 2. The normalized spacial score (nSPS) is 23.3. The van der Waals surface area contributed by atoms with Crippen molar-refractivity contribution in [2.45, 2.75) is 54.0 Å². The van der Waals surface area contributed by atoms with Gasteiger partial charge in [0.15, 0.2) is 5.96 Å². The molecule has 0 unspecified atom stereocenters. The molecule has 6 N–H and O–H groups in total. The molecule has 2 amide bonds. The minimum atomic E-state index is -0.184. The van der Waals surface area contributed by atoms with Crippen molar-refractivity contribution in [3.8, 4) is 0 Å². The van der Waals surface area contributed by atoms with Crippen molar-refractivity contribution in [1.29, 1.82) is 0 Å². The Bertz CT molecular complexity index is 1190.